The number of nitrogens with one attached hydrogen (secondary N) is 2. The molecule has 1 heterocycles. The van der Waals surface area contributed by atoms with Crippen molar-refractivity contribution in [2.24, 2.45) is 0 Å². The number of hydrogen-bond acceptors (Lipinski definition) is 2. The molecule has 4 heteroatoms. The van der Waals surface area contributed by atoms with E-state index in [0.717, 1.165) is 43.6 Å². The first kappa shape index (κ1) is 16.5. The van der Waals surface area contributed by atoms with Crippen molar-refractivity contribution < 1.29 is 4.79 Å². The summed E-state index contributed by atoms with van der Waals surface area (Å²) in [6, 6.07) is 18.5. The first-order chi connectivity index (χ1) is 11.7. The zero-order valence-electron chi connectivity index (χ0n) is 14.2. The Labute approximate surface area is 143 Å². The maximum atomic E-state index is 12.3. The van der Waals surface area contributed by atoms with Gasteiger partial charge in [-0.15, -0.1) is 0 Å². The number of nitrogens with zero attached hydrogens (tertiary/aromatic N) is 1. The number of para-hydroxylation sites is 1. The minimum atomic E-state index is -0.106. The molecule has 4 nitrogen and oxygen atoms in total. The number of hydrogen-bond donors (Lipinski definition) is 2. The number of amides is 2. The first-order valence-electron chi connectivity index (χ1n) is 8.58. The topological polar surface area (TPSA) is 44.4 Å². The predicted octanol–water partition coefficient (Wildman–Crippen LogP) is 3.49. The molecule has 1 fully saturated rings. The number of anilines is 1. The highest BCUT2D eigenvalue weighted by Crippen LogP contribution is 2.19. The second kappa shape index (κ2) is 7.97. The van der Waals surface area contributed by atoms with Crippen molar-refractivity contribution >= 4 is 11.7 Å². The van der Waals surface area contributed by atoms with Crippen molar-refractivity contribution in [1.29, 1.82) is 0 Å². The molecule has 0 unspecified atom stereocenters. The fourth-order valence-electron chi connectivity index (χ4n) is 3.11. The summed E-state index contributed by atoms with van der Waals surface area (Å²) in [5.41, 5.74) is 3.25. The summed E-state index contributed by atoms with van der Waals surface area (Å²) in [4.78, 5) is 14.6. The average Bonchev–Trinajstić information content (AvgIpc) is 2.60. The number of likely N-dealkylation sites (tertiary alicyclic amines) is 1. The number of benzene rings is 2. The lowest BCUT2D eigenvalue weighted by Gasteiger charge is -2.29. The predicted molar refractivity (Wildman–Crippen MR) is 98.4 cm³/mol. The van der Waals surface area contributed by atoms with Gasteiger partial charge in [-0.3, -0.25) is 0 Å². The van der Waals surface area contributed by atoms with Crippen molar-refractivity contribution in [3.05, 3.63) is 65.7 Å². The van der Waals surface area contributed by atoms with Crippen molar-refractivity contribution in [3.8, 4) is 0 Å². The summed E-state index contributed by atoms with van der Waals surface area (Å²) in [6.45, 7) is 2.07. The van der Waals surface area contributed by atoms with E-state index in [-0.39, 0.29) is 12.1 Å². The van der Waals surface area contributed by atoms with Crippen LogP contribution in [0.15, 0.2) is 54.6 Å². The van der Waals surface area contributed by atoms with Crippen molar-refractivity contribution in [1.82, 2.24) is 10.2 Å². The van der Waals surface area contributed by atoms with Crippen LogP contribution in [0.1, 0.15) is 24.0 Å². The molecule has 0 saturated carbocycles. The molecular weight excluding hydrogens is 298 g/mol. The van der Waals surface area contributed by atoms with Crippen molar-refractivity contribution in [3.63, 3.8) is 0 Å². The van der Waals surface area contributed by atoms with E-state index >= 15 is 0 Å². The monoisotopic (exact) mass is 323 g/mol. The number of carbonyl (C=O) groups excluding carboxylic acids is 1. The Morgan fingerprint density at radius 2 is 1.71 bits per heavy atom. The Morgan fingerprint density at radius 1 is 1.04 bits per heavy atom. The molecule has 2 aromatic carbocycles. The van der Waals surface area contributed by atoms with E-state index in [0.29, 0.717) is 0 Å². The van der Waals surface area contributed by atoms with Crippen LogP contribution in [0.2, 0.25) is 0 Å². The molecule has 0 aliphatic carbocycles. The highest BCUT2D eigenvalue weighted by Gasteiger charge is 2.18. The Kier molecular flexibility index (Phi) is 5.49. The second-order valence-electron chi connectivity index (χ2n) is 6.50. The summed E-state index contributed by atoms with van der Waals surface area (Å²) in [5.74, 6) is 0. The van der Waals surface area contributed by atoms with Gasteiger partial charge in [-0.25, -0.2) is 4.79 Å². The molecule has 0 radical (unpaired) electrons. The van der Waals surface area contributed by atoms with Gasteiger partial charge in [0.05, 0.1) is 0 Å². The lowest BCUT2D eigenvalue weighted by Crippen LogP contribution is -2.44. The van der Waals surface area contributed by atoms with Crippen LogP contribution in [0.5, 0.6) is 0 Å². The van der Waals surface area contributed by atoms with Gasteiger partial charge in [0.2, 0.25) is 0 Å². The third kappa shape index (κ3) is 4.59. The van der Waals surface area contributed by atoms with Gasteiger partial charge in [-0.2, -0.15) is 0 Å². The second-order valence-corrected chi connectivity index (χ2v) is 6.50. The maximum Gasteiger partial charge on any atom is 0.319 e. The summed E-state index contributed by atoms with van der Waals surface area (Å²) < 4.78 is 0. The summed E-state index contributed by atoms with van der Waals surface area (Å²) >= 11 is 0. The Bertz CT molecular complexity index is 664. The molecule has 1 aliphatic rings. The number of carbonyl (C=O) groups is 1. The molecule has 2 aromatic rings. The molecule has 2 N–H and O–H groups in total. The van der Waals surface area contributed by atoms with Gasteiger partial charge >= 0.3 is 6.03 Å². The van der Waals surface area contributed by atoms with Gasteiger partial charge in [0, 0.05) is 11.7 Å². The van der Waals surface area contributed by atoms with Crippen LogP contribution in [0, 0.1) is 0 Å². The van der Waals surface area contributed by atoms with Gasteiger partial charge in [0.25, 0.3) is 0 Å². The van der Waals surface area contributed by atoms with Crippen LogP contribution in [-0.2, 0) is 6.42 Å². The summed E-state index contributed by atoms with van der Waals surface area (Å²) in [6.07, 6.45) is 2.83. The molecule has 1 saturated heterocycles. The lowest BCUT2D eigenvalue weighted by molar-refractivity contribution is 0.221. The fourth-order valence-corrected chi connectivity index (χ4v) is 3.11. The van der Waals surface area contributed by atoms with E-state index in [9.17, 15) is 4.79 Å². The van der Waals surface area contributed by atoms with Gasteiger partial charge in [0.15, 0.2) is 0 Å². The fraction of sp³-hybridized carbons (Fsp3) is 0.350. The first-order valence-corrected chi connectivity index (χ1v) is 8.58. The molecule has 126 valence electrons. The van der Waals surface area contributed by atoms with E-state index in [1.807, 2.05) is 36.4 Å². The number of urea groups is 1. The van der Waals surface area contributed by atoms with Crippen LogP contribution in [0.4, 0.5) is 10.5 Å². The standard InChI is InChI=1S/C20H25N3O/c1-23-13-11-18(12-14-23)21-20(24)22-19-10-6-5-9-17(19)15-16-7-3-2-4-8-16/h2-10,18H,11-15H2,1H3,(H2,21,22,24). The van der Waals surface area contributed by atoms with Crippen LogP contribution in [0.3, 0.4) is 0 Å². The molecule has 0 atom stereocenters. The largest absolute Gasteiger partial charge is 0.335 e. The molecule has 0 bridgehead atoms. The molecule has 24 heavy (non-hydrogen) atoms. The summed E-state index contributed by atoms with van der Waals surface area (Å²) in [7, 11) is 2.12. The third-order valence-electron chi connectivity index (χ3n) is 4.56. The van der Waals surface area contributed by atoms with Crippen LogP contribution >= 0.6 is 0 Å². The molecule has 3 rings (SSSR count). The summed E-state index contributed by atoms with van der Waals surface area (Å²) in [5, 5.41) is 6.13. The number of piperidine rings is 1. The van der Waals surface area contributed by atoms with E-state index < -0.39 is 0 Å². The quantitative estimate of drug-likeness (QED) is 0.904. The van der Waals surface area contributed by atoms with Gasteiger partial charge in [0.1, 0.15) is 0 Å². The van der Waals surface area contributed by atoms with Crippen LogP contribution < -0.4 is 10.6 Å². The third-order valence-corrected chi connectivity index (χ3v) is 4.56. The highest BCUT2D eigenvalue weighted by atomic mass is 16.2. The molecular formula is C20H25N3O. The van der Waals surface area contributed by atoms with E-state index in [2.05, 4.69) is 40.8 Å². The zero-order valence-corrected chi connectivity index (χ0v) is 14.2. The van der Waals surface area contributed by atoms with E-state index in [1.54, 1.807) is 0 Å². The van der Waals surface area contributed by atoms with E-state index in [1.165, 1.54) is 5.56 Å². The van der Waals surface area contributed by atoms with Crippen LogP contribution in [0.25, 0.3) is 0 Å². The molecule has 0 aromatic heterocycles. The molecule has 1 aliphatic heterocycles. The Hall–Kier alpha value is -2.33. The Morgan fingerprint density at radius 3 is 2.46 bits per heavy atom. The molecule has 0 spiro atoms. The minimum absolute atomic E-state index is 0.106. The van der Waals surface area contributed by atoms with E-state index in [4.69, 9.17) is 0 Å². The Balaban J connectivity index is 1.61. The minimum Gasteiger partial charge on any atom is -0.335 e. The highest BCUT2D eigenvalue weighted by molar-refractivity contribution is 5.90. The SMILES string of the molecule is CN1CCC(NC(=O)Nc2ccccc2Cc2ccccc2)CC1. The normalized spacial score (nSPS) is 15.9. The van der Waals surface area contributed by atoms with Crippen LogP contribution in [-0.4, -0.2) is 37.1 Å². The average molecular weight is 323 g/mol. The zero-order chi connectivity index (χ0) is 16.8. The van der Waals surface area contributed by atoms with Crippen molar-refractivity contribution in [2.75, 3.05) is 25.5 Å². The number of rotatable bonds is 4. The van der Waals surface area contributed by atoms with Gasteiger partial charge in [-0.05, 0) is 56.6 Å². The smallest absolute Gasteiger partial charge is 0.319 e. The van der Waals surface area contributed by atoms with Gasteiger partial charge < -0.3 is 15.5 Å². The maximum absolute atomic E-state index is 12.3. The van der Waals surface area contributed by atoms with Gasteiger partial charge in [-0.1, -0.05) is 48.5 Å². The van der Waals surface area contributed by atoms with Crippen molar-refractivity contribution in [2.45, 2.75) is 25.3 Å². The molecule has 2 amide bonds. The lowest BCUT2D eigenvalue weighted by atomic mass is 10.0.